The van der Waals surface area contributed by atoms with Crippen molar-refractivity contribution in [1.29, 1.82) is 0 Å². The number of rotatable bonds is 4. The first-order chi connectivity index (χ1) is 6.90. The van der Waals surface area contributed by atoms with E-state index in [1.54, 1.807) is 7.11 Å². The van der Waals surface area contributed by atoms with Crippen LogP contribution in [0.3, 0.4) is 0 Å². The molecular weight excluding hydrogens is 220 g/mol. The zero-order valence-electron chi connectivity index (χ0n) is 7.93. The van der Waals surface area contributed by atoms with E-state index in [-0.39, 0.29) is 0 Å². The molecule has 78 valence electrons. The van der Waals surface area contributed by atoms with Gasteiger partial charge in [0.05, 0.1) is 12.5 Å². The topological polar surface area (TPSA) is 44.2 Å². The number of thioether (sulfide) groups is 1. The summed E-state index contributed by atoms with van der Waals surface area (Å²) in [5, 5.41) is 1.92. The zero-order valence-corrected chi connectivity index (χ0v) is 9.57. The van der Waals surface area contributed by atoms with Crippen molar-refractivity contribution >= 4 is 23.3 Å². The number of hydrogen-bond acceptors (Lipinski definition) is 6. The van der Waals surface area contributed by atoms with Gasteiger partial charge in [0.25, 0.3) is 0 Å². The van der Waals surface area contributed by atoms with Gasteiger partial charge in [0.2, 0.25) is 5.16 Å². The first kappa shape index (κ1) is 10.4. The molecule has 0 saturated carbocycles. The fraction of sp³-hybridized carbons (Fsp3) is 0.750. The fourth-order valence-corrected chi connectivity index (χ4v) is 2.73. The predicted molar refractivity (Wildman–Crippen MR) is 55.8 cm³/mol. The van der Waals surface area contributed by atoms with Crippen LogP contribution in [0.4, 0.5) is 0 Å². The molecule has 0 radical (unpaired) electrons. The van der Waals surface area contributed by atoms with Gasteiger partial charge in [-0.3, -0.25) is 0 Å². The van der Waals surface area contributed by atoms with Crippen molar-refractivity contribution < 1.29 is 9.47 Å². The lowest BCUT2D eigenvalue weighted by Crippen LogP contribution is -1.96. The summed E-state index contributed by atoms with van der Waals surface area (Å²) in [5.74, 6) is 1.07. The van der Waals surface area contributed by atoms with E-state index >= 15 is 0 Å². The molecule has 0 amide bonds. The van der Waals surface area contributed by atoms with E-state index in [0.29, 0.717) is 11.9 Å². The Morgan fingerprint density at radius 2 is 2.64 bits per heavy atom. The van der Waals surface area contributed by atoms with Gasteiger partial charge in [0.1, 0.15) is 5.01 Å². The maximum atomic E-state index is 5.31. The molecule has 1 unspecified atom stereocenters. The molecule has 0 spiro atoms. The minimum Gasteiger partial charge on any atom is -0.381 e. The van der Waals surface area contributed by atoms with E-state index in [1.807, 2.05) is 0 Å². The molecule has 6 heteroatoms. The maximum Gasteiger partial charge on any atom is 0.202 e. The molecule has 1 aromatic rings. The Morgan fingerprint density at radius 1 is 1.71 bits per heavy atom. The van der Waals surface area contributed by atoms with Gasteiger partial charge >= 0.3 is 0 Å². The summed E-state index contributed by atoms with van der Waals surface area (Å²) >= 11 is 3.00. The summed E-state index contributed by atoms with van der Waals surface area (Å²) in [6.07, 6.45) is 1.07. The zero-order chi connectivity index (χ0) is 9.80. The number of aromatic nitrogens is 2. The van der Waals surface area contributed by atoms with Crippen LogP contribution in [0.2, 0.25) is 0 Å². The summed E-state index contributed by atoms with van der Waals surface area (Å²) in [7, 11) is 1.67. The molecule has 4 nitrogen and oxygen atoms in total. The quantitative estimate of drug-likeness (QED) is 0.584. The molecule has 1 saturated heterocycles. The van der Waals surface area contributed by atoms with E-state index < -0.39 is 0 Å². The van der Waals surface area contributed by atoms with Gasteiger partial charge in [-0.05, 0) is 18.0 Å². The van der Waals surface area contributed by atoms with Crippen molar-refractivity contribution in [2.45, 2.75) is 17.5 Å². The second-order valence-electron chi connectivity index (χ2n) is 3.03. The highest BCUT2D eigenvalue weighted by atomic mass is 32.2. The van der Waals surface area contributed by atoms with Crippen LogP contribution in [0.1, 0.15) is 17.3 Å². The van der Waals surface area contributed by atoms with Crippen LogP contribution in [0.15, 0.2) is 5.16 Å². The average molecular weight is 232 g/mol. The third-order valence-corrected chi connectivity index (χ3v) is 3.79. The van der Waals surface area contributed by atoms with Crippen molar-refractivity contribution in [3.8, 4) is 0 Å². The Morgan fingerprint density at radius 3 is 3.36 bits per heavy atom. The molecule has 0 aromatic carbocycles. The van der Waals surface area contributed by atoms with Crippen LogP contribution in [0, 0.1) is 0 Å². The monoisotopic (exact) mass is 232 g/mol. The third-order valence-electron chi connectivity index (χ3n) is 2.01. The van der Waals surface area contributed by atoms with Crippen LogP contribution < -0.4 is 0 Å². The molecule has 2 heterocycles. The lowest BCUT2D eigenvalue weighted by atomic mass is 10.1. The minimum atomic E-state index is 0.462. The van der Waals surface area contributed by atoms with Gasteiger partial charge in [-0.1, -0.05) is 11.8 Å². The molecule has 1 aliphatic rings. The number of ether oxygens (including phenoxy) is 2. The summed E-state index contributed by atoms with van der Waals surface area (Å²) in [5.41, 5.74) is 0. The van der Waals surface area contributed by atoms with Crippen LogP contribution in [0.5, 0.6) is 0 Å². The van der Waals surface area contributed by atoms with Gasteiger partial charge < -0.3 is 9.47 Å². The lowest BCUT2D eigenvalue weighted by Gasteiger charge is -1.99. The highest BCUT2D eigenvalue weighted by Crippen LogP contribution is 2.28. The van der Waals surface area contributed by atoms with E-state index in [1.165, 1.54) is 23.3 Å². The van der Waals surface area contributed by atoms with Crippen LogP contribution >= 0.6 is 23.3 Å². The largest absolute Gasteiger partial charge is 0.381 e. The second kappa shape index (κ2) is 5.06. The maximum absolute atomic E-state index is 5.31. The average Bonchev–Trinajstić information content (AvgIpc) is 2.85. The van der Waals surface area contributed by atoms with Gasteiger partial charge in [-0.2, -0.15) is 4.37 Å². The Bertz CT molecular complexity index is 287. The van der Waals surface area contributed by atoms with Crippen LogP contribution in [0.25, 0.3) is 0 Å². The fourth-order valence-electron chi connectivity index (χ4n) is 1.29. The van der Waals surface area contributed by atoms with Crippen molar-refractivity contribution in [3.05, 3.63) is 5.01 Å². The highest BCUT2D eigenvalue weighted by molar-refractivity contribution is 7.99. The highest BCUT2D eigenvalue weighted by Gasteiger charge is 2.21. The number of methoxy groups -OCH3 is 1. The van der Waals surface area contributed by atoms with Crippen LogP contribution in [-0.4, -0.2) is 35.6 Å². The van der Waals surface area contributed by atoms with Gasteiger partial charge in [-0.25, -0.2) is 4.98 Å². The van der Waals surface area contributed by atoms with Crippen molar-refractivity contribution in [2.24, 2.45) is 0 Å². The number of hydrogen-bond donors (Lipinski definition) is 0. The van der Waals surface area contributed by atoms with Crippen molar-refractivity contribution in [1.82, 2.24) is 9.36 Å². The molecule has 1 fully saturated rings. The molecule has 0 N–H and O–H groups in total. The first-order valence-corrected chi connectivity index (χ1v) is 6.19. The van der Waals surface area contributed by atoms with E-state index in [2.05, 4.69) is 9.36 Å². The second-order valence-corrected chi connectivity index (χ2v) is 4.70. The minimum absolute atomic E-state index is 0.462. The van der Waals surface area contributed by atoms with Crippen molar-refractivity contribution in [2.75, 3.05) is 26.3 Å². The molecule has 0 bridgehead atoms. The molecule has 1 aliphatic heterocycles. The Labute approximate surface area is 91.2 Å². The predicted octanol–water partition coefficient (Wildman–Crippen LogP) is 1.74. The molecule has 14 heavy (non-hydrogen) atoms. The van der Waals surface area contributed by atoms with Gasteiger partial charge in [0.15, 0.2) is 0 Å². The molecule has 2 rings (SSSR count). The van der Waals surface area contributed by atoms with E-state index in [0.717, 1.165) is 29.8 Å². The van der Waals surface area contributed by atoms with Gasteiger partial charge in [-0.15, -0.1) is 0 Å². The Balaban J connectivity index is 1.94. The molecule has 1 aromatic heterocycles. The SMILES string of the molecule is COCSc1nsc(C2CCOC2)n1. The molecular formula is C8H12N2O2S2. The smallest absolute Gasteiger partial charge is 0.202 e. The Kier molecular flexibility index (Phi) is 3.74. The van der Waals surface area contributed by atoms with Crippen molar-refractivity contribution in [3.63, 3.8) is 0 Å². The van der Waals surface area contributed by atoms with Crippen LogP contribution in [-0.2, 0) is 9.47 Å². The van der Waals surface area contributed by atoms with E-state index in [9.17, 15) is 0 Å². The Hall–Kier alpha value is -0.170. The number of nitrogens with zero attached hydrogens (tertiary/aromatic N) is 2. The summed E-state index contributed by atoms with van der Waals surface area (Å²) in [6.45, 7) is 1.65. The third kappa shape index (κ3) is 2.44. The summed E-state index contributed by atoms with van der Waals surface area (Å²) in [6, 6.07) is 0. The summed E-state index contributed by atoms with van der Waals surface area (Å²) in [4.78, 5) is 4.44. The lowest BCUT2D eigenvalue weighted by molar-refractivity contribution is 0.194. The summed E-state index contributed by atoms with van der Waals surface area (Å²) < 4.78 is 14.5. The molecule has 0 aliphatic carbocycles. The van der Waals surface area contributed by atoms with Gasteiger partial charge in [0, 0.05) is 19.6 Å². The normalized spacial score (nSPS) is 21.6. The molecule has 1 atom stereocenters. The first-order valence-electron chi connectivity index (χ1n) is 4.43. The standard InChI is InChI=1S/C8H12N2O2S2/c1-11-5-13-8-9-7(14-10-8)6-2-3-12-4-6/h6H,2-5H2,1H3. The van der Waals surface area contributed by atoms with E-state index in [4.69, 9.17) is 9.47 Å².